The third kappa shape index (κ3) is 3.35. The lowest BCUT2D eigenvalue weighted by atomic mass is 9.95. The maximum atomic E-state index is 12.8. The van der Waals surface area contributed by atoms with Crippen molar-refractivity contribution in [3.05, 3.63) is 52.6 Å². The topological polar surface area (TPSA) is 102 Å². The van der Waals surface area contributed by atoms with Gasteiger partial charge in [0.1, 0.15) is 5.76 Å². The summed E-state index contributed by atoms with van der Waals surface area (Å²) in [5.41, 5.74) is 2.40. The lowest BCUT2D eigenvalue weighted by molar-refractivity contribution is -0.140. The summed E-state index contributed by atoms with van der Waals surface area (Å²) in [4.78, 5) is 33.1. The predicted octanol–water partition coefficient (Wildman–Crippen LogP) is 1.40. The minimum atomic E-state index is -0.694. The van der Waals surface area contributed by atoms with Crippen LogP contribution in [0, 0.1) is 13.8 Å². The van der Waals surface area contributed by atoms with Crippen LogP contribution >= 0.6 is 0 Å². The molecule has 27 heavy (non-hydrogen) atoms. The minimum Gasteiger partial charge on any atom is -0.507 e. The highest BCUT2D eigenvalue weighted by atomic mass is 16.3. The molecule has 1 aliphatic rings. The van der Waals surface area contributed by atoms with Gasteiger partial charge in [0, 0.05) is 31.2 Å². The van der Waals surface area contributed by atoms with Gasteiger partial charge in [-0.3, -0.25) is 19.7 Å². The van der Waals surface area contributed by atoms with Gasteiger partial charge in [-0.25, -0.2) is 0 Å². The average molecular weight is 369 g/mol. The van der Waals surface area contributed by atoms with E-state index in [1.807, 2.05) is 19.0 Å². The summed E-state index contributed by atoms with van der Waals surface area (Å²) in [6.07, 6.45) is 3.24. The third-order valence-electron chi connectivity index (χ3n) is 4.69. The summed E-state index contributed by atoms with van der Waals surface area (Å²) in [6.45, 7) is 4.45. The molecular formula is C19H23N5O3. The van der Waals surface area contributed by atoms with Crippen molar-refractivity contribution in [3.63, 3.8) is 0 Å². The first-order valence-electron chi connectivity index (χ1n) is 8.68. The molecule has 142 valence electrons. The van der Waals surface area contributed by atoms with Crippen LogP contribution in [0.25, 0.3) is 5.76 Å². The molecule has 8 nitrogen and oxygen atoms in total. The molecule has 2 aromatic heterocycles. The van der Waals surface area contributed by atoms with E-state index >= 15 is 0 Å². The fourth-order valence-corrected chi connectivity index (χ4v) is 3.34. The fraction of sp³-hybridized carbons (Fsp3) is 0.368. The smallest absolute Gasteiger partial charge is 0.295 e. The van der Waals surface area contributed by atoms with E-state index in [4.69, 9.17) is 0 Å². The van der Waals surface area contributed by atoms with Crippen molar-refractivity contribution in [2.45, 2.75) is 19.9 Å². The fourth-order valence-electron chi connectivity index (χ4n) is 3.34. The summed E-state index contributed by atoms with van der Waals surface area (Å²) in [7, 11) is 3.79. The molecule has 0 spiro atoms. The molecule has 1 saturated heterocycles. The SMILES string of the molecule is Cc1n[nH]c(C)c1/C(O)=C1\C(=O)C(=O)N(CCN(C)C)[C@H]1c1cccnc1. The van der Waals surface area contributed by atoms with Crippen molar-refractivity contribution >= 4 is 17.4 Å². The van der Waals surface area contributed by atoms with E-state index in [1.54, 1.807) is 38.4 Å². The van der Waals surface area contributed by atoms with E-state index < -0.39 is 17.7 Å². The van der Waals surface area contributed by atoms with E-state index in [9.17, 15) is 14.7 Å². The summed E-state index contributed by atoms with van der Waals surface area (Å²) in [5.74, 6) is -1.52. The Bertz CT molecular complexity index is 882. The number of likely N-dealkylation sites (N-methyl/N-ethyl adjacent to an activating group) is 1. The van der Waals surface area contributed by atoms with Crippen molar-refractivity contribution in [1.82, 2.24) is 25.0 Å². The molecule has 0 unspecified atom stereocenters. The number of H-pyrrole nitrogens is 1. The largest absolute Gasteiger partial charge is 0.507 e. The second kappa shape index (κ2) is 7.32. The van der Waals surface area contributed by atoms with Gasteiger partial charge in [0.05, 0.1) is 22.9 Å². The Morgan fingerprint density at radius 3 is 2.63 bits per heavy atom. The van der Waals surface area contributed by atoms with Gasteiger partial charge in [-0.15, -0.1) is 0 Å². The first-order valence-corrected chi connectivity index (χ1v) is 8.68. The normalized spacial score (nSPS) is 19.3. The molecule has 2 aromatic rings. The van der Waals surface area contributed by atoms with Crippen LogP contribution in [0.2, 0.25) is 0 Å². The molecule has 8 heteroatoms. The van der Waals surface area contributed by atoms with Gasteiger partial charge in [0.2, 0.25) is 0 Å². The number of pyridine rings is 1. The summed E-state index contributed by atoms with van der Waals surface area (Å²) in [5, 5.41) is 17.9. The zero-order valence-electron chi connectivity index (χ0n) is 15.9. The molecule has 1 aliphatic heterocycles. The first-order chi connectivity index (χ1) is 12.8. The molecule has 2 N–H and O–H groups in total. The molecule has 1 amide bonds. The number of nitrogens with zero attached hydrogens (tertiary/aromatic N) is 4. The number of carbonyl (C=O) groups excluding carboxylic acids is 2. The summed E-state index contributed by atoms with van der Waals surface area (Å²) >= 11 is 0. The number of nitrogens with one attached hydrogen (secondary N) is 1. The molecule has 0 bridgehead atoms. The standard InChI is InChI=1S/C19H23N5O3/c1-11-14(12(2)22-21-11)17(25)15-16(13-6-5-7-20-10-13)24(9-8-23(3)4)19(27)18(15)26/h5-7,10,16,25H,8-9H2,1-4H3,(H,21,22)/b17-15+/t16-/m0/s1. The van der Waals surface area contributed by atoms with Crippen LogP contribution < -0.4 is 0 Å². The number of hydrogen-bond donors (Lipinski definition) is 2. The lowest BCUT2D eigenvalue weighted by Gasteiger charge is -2.26. The molecular weight excluding hydrogens is 346 g/mol. The number of aromatic amines is 1. The van der Waals surface area contributed by atoms with Crippen molar-refractivity contribution in [2.24, 2.45) is 0 Å². The van der Waals surface area contributed by atoms with Gasteiger partial charge in [0.25, 0.3) is 11.7 Å². The molecule has 3 heterocycles. The number of aryl methyl sites for hydroxylation is 2. The molecule has 3 rings (SSSR count). The van der Waals surface area contributed by atoms with E-state index in [0.29, 0.717) is 35.6 Å². The van der Waals surface area contributed by atoms with Crippen LogP contribution in [0.3, 0.4) is 0 Å². The predicted molar refractivity (Wildman–Crippen MR) is 99.9 cm³/mol. The van der Waals surface area contributed by atoms with Crippen molar-refractivity contribution in [2.75, 3.05) is 27.2 Å². The number of aromatic nitrogens is 3. The summed E-state index contributed by atoms with van der Waals surface area (Å²) in [6, 6.07) is 2.86. The number of ketones is 1. The first kappa shape index (κ1) is 18.8. The molecule has 1 atom stereocenters. The van der Waals surface area contributed by atoms with Gasteiger partial charge >= 0.3 is 0 Å². The lowest BCUT2D eigenvalue weighted by Crippen LogP contribution is -2.35. The van der Waals surface area contributed by atoms with Crippen LogP contribution in [0.5, 0.6) is 0 Å². The Morgan fingerprint density at radius 1 is 1.33 bits per heavy atom. The van der Waals surface area contributed by atoms with Crippen LogP contribution in [-0.4, -0.2) is 69.0 Å². The Balaban J connectivity index is 2.17. The molecule has 0 radical (unpaired) electrons. The number of Topliss-reactive ketones (excluding diaryl/α,β-unsaturated/α-hetero) is 1. The Hall–Kier alpha value is -3.00. The van der Waals surface area contributed by atoms with E-state index in [0.717, 1.165) is 0 Å². The Morgan fingerprint density at radius 2 is 2.07 bits per heavy atom. The second-order valence-electron chi connectivity index (χ2n) is 6.89. The number of carbonyl (C=O) groups is 2. The van der Waals surface area contributed by atoms with Crippen molar-refractivity contribution in [1.29, 1.82) is 0 Å². The van der Waals surface area contributed by atoms with Gasteiger partial charge in [0.15, 0.2) is 0 Å². The Labute approximate surface area is 157 Å². The zero-order valence-corrected chi connectivity index (χ0v) is 15.9. The number of aliphatic hydroxyl groups excluding tert-OH is 1. The van der Waals surface area contributed by atoms with Crippen LogP contribution in [0.1, 0.15) is 28.6 Å². The van der Waals surface area contributed by atoms with Gasteiger partial charge in [-0.2, -0.15) is 5.10 Å². The Kier molecular flexibility index (Phi) is 5.09. The van der Waals surface area contributed by atoms with E-state index in [-0.39, 0.29) is 11.3 Å². The number of likely N-dealkylation sites (tertiary alicyclic amines) is 1. The van der Waals surface area contributed by atoms with Gasteiger partial charge in [-0.1, -0.05) is 6.07 Å². The van der Waals surface area contributed by atoms with Crippen LogP contribution in [0.4, 0.5) is 0 Å². The molecule has 0 aliphatic carbocycles. The highest BCUT2D eigenvalue weighted by molar-refractivity contribution is 6.46. The van der Waals surface area contributed by atoms with Gasteiger partial charge in [-0.05, 0) is 39.6 Å². The summed E-state index contributed by atoms with van der Waals surface area (Å²) < 4.78 is 0. The van der Waals surface area contributed by atoms with Crippen LogP contribution in [-0.2, 0) is 9.59 Å². The maximum absolute atomic E-state index is 12.8. The molecule has 0 saturated carbocycles. The molecule has 1 fully saturated rings. The van der Waals surface area contributed by atoms with Gasteiger partial charge < -0.3 is 14.9 Å². The maximum Gasteiger partial charge on any atom is 0.295 e. The highest BCUT2D eigenvalue weighted by Gasteiger charge is 2.46. The van der Waals surface area contributed by atoms with Crippen molar-refractivity contribution < 1.29 is 14.7 Å². The van der Waals surface area contributed by atoms with E-state index in [2.05, 4.69) is 15.2 Å². The average Bonchev–Trinajstić information content (AvgIpc) is 3.10. The quantitative estimate of drug-likeness (QED) is 0.469. The molecule has 0 aromatic carbocycles. The monoisotopic (exact) mass is 369 g/mol. The van der Waals surface area contributed by atoms with E-state index in [1.165, 1.54) is 4.90 Å². The number of aliphatic hydroxyl groups is 1. The third-order valence-corrected chi connectivity index (χ3v) is 4.69. The minimum absolute atomic E-state index is 0.0688. The van der Waals surface area contributed by atoms with Crippen LogP contribution in [0.15, 0.2) is 30.1 Å². The number of rotatable bonds is 5. The van der Waals surface area contributed by atoms with Crippen molar-refractivity contribution in [3.8, 4) is 0 Å². The second-order valence-corrected chi connectivity index (χ2v) is 6.89. The highest BCUT2D eigenvalue weighted by Crippen LogP contribution is 2.39. The number of amides is 1. The zero-order chi connectivity index (χ0) is 19.7. The number of hydrogen-bond acceptors (Lipinski definition) is 6.